The number of hydrogen-bond donors (Lipinski definition) is 0. The lowest BCUT2D eigenvalue weighted by Crippen LogP contribution is -2.21. The number of methoxy groups -OCH3 is 1. The van der Waals surface area contributed by atoms with Crippen molar-refractivity contribution in [1.82, 2.24) is 0 Å². The quantitative estimate of drug-likeness (QED) is 0.762. The van der Waals surface area contributed by atoms with Crippen LogP contribution in [0.4, 0.5) is 4.39 Å². The standard InChI is InChI=1S/C15H19FO2/c1-10-3-5-11(6-4-10)15(17)13-8-7-12(18-2)9-14(13)16/h7-11H,3-6H2,1-2H3. The fourth-order valence-corrected chi connectivity index (χ4v) is 2.56. The molecule has 0 atom stereocenters. The summed E-state index contributed by atoms with van der Waals surface area (Å²) >= 11 is 0. The number of benzene rings is 1. The third-order valence-corrected chi connectivity index (χ3v) is 3.83. The fraction of sp³-hybridized carbons (Fsp3) is 0.533. The fourth-order valence-electron chi connectivity index (χ4n) is 2.56. The van der Waals surface area contributed by atoms with E-state index in [0.29, 0.717) is 11.7 Å². The van der Waals surface area contributed by atoms with E-state index in [1.165, 1.54) is 19.2 Å². The van der Waals surface area contributed by atoms with Crippen LogP contribution in [0.1, 0.15) is 43.0 Å². The Morgan fingerprint density at radius 2 is 1.94 bits per heavy atom. The lowest BCUT2D eigenvalue weighted by atomic mass is 9.79. The summed E-state index contributed by atoms with van der Waals surface area (Å²) in [6, 6.07) is 4.45. The van der Waals surface area contributed by atoms with Crippen LogP contribution in [0.25, 0.3) is 0 Å². The van der Waals surface area contributed by atoms with Gasteiger partial charge < -0.3 is 4.74 Å². The lowest BCUT2D eigenvalue weighted by Gasteiger charge is -2.25. The maximum absolute atomic E-state index is 13.8. The summed E-state index contributed by atoms with van der Waals surface area (Å²) in [4.78, 5) is 12.2. The molecule has 2 rings (SSSR count). The first kappa shape index (κ1) is 13.1. The van der Waals surface area contributed by atoms with E-state index >= 15 is 0 Å². The van der Waals surface area contributed by atoms with Gasteiger partial charge in [0.2, 0.25) is 0 Å². The molecule has 0 bridgehead atoms. The number of hydrogen-bond acceptors (Lipinski definition) is 2. The van der Waals surface area contributed by atoms with Crippen LogP contribution in [-0.4, -0.2) is 12.9 Å². The summed E-state index contributed by atoms with van der Waals surface area (Å²) in [5.74, 6) is 0.597. The molecule has 0 spiro atoms. The minimum atomic E-state index is -0.474. The zero-order valence-corrected chi connectivity index (χ0v) is 10.9. The number of carbonyl (C=O) groups is 1. The van der Waals surface area contributed by atoms with Crippen molar-refractivity contribution in [3.63, 3.8) is 0 Å². The average molecular weight is 250 g/mol. The monoisotopic (exact) mass is 250 g/mol. The van der Waals surface area contributed by atoms with E-state index in [2.05, 4.69) is 6.92 Å². The largest absolute Gasteiger partial charge is 0.497 e. The molecule has 1 saturated carbocycles. The summed E-state index contributed by atoms with van der Waals surface area (Å²) in [6.45, 7) is 2.20. The molecule has 0 N–H and O–H groups in total. The Hall–Kier alpha value is -1.38. The Labute approximate surface area is 107 Å². The van der Waals surface area contributed by atoms with E-state index in [-0.39, 0.29) is 17.3 Å². The van der Waals surface area contributed by atoms with Gasteiger partial charge in [0.1, 0.15) is 11.6 Å². The van der Waals surface area contributed by atoms with Crippen molar-refractivity contribution in [3.05, 3.63) is 29.6 Å². The van der Waals surface area contributed by atoms with Gasteiger partial charge in [-0.3, -0.25) is 4.79 Å². The topological polar surface area (TPSA) is 26.3 Å². The minimum absolute atomic E-state index is 0.0101. The number of ether oxygens (including phenoxy) is 1. The molecule has 0 unspecified atom stereocenters. The van der Waals surface area contributed by atoms with Crippen LogP contribution in [0, 0.1) is 17.7 Å². The number of halogens is 1. The van der Waals surface area contributed by atoms with Crippen molar-refractivity contribution in [1.29, 1.82) is 0 Å². The number of rotatable bonds is 3. The molecule has 18 heavy (non-hydrogen) atoms. The van der Waals surface area contributed by atoms with Gasteiger partial charge in [-0.2, -0.15) is 0 Å². The van der Waals surface area contributed by atoms with E-state index in [4.69, 9.17) is 4.74 Å². The average Bonchev–Trinajstić information content (AvgIpc) is 2.38. The van der Waals surface area contributed by atoms with Gasteiger partial charge in [-0.1, -0.05) is 19.8 Å². The van der Waals surface area contributed by atoms with Crippen molar-refractivity contribution in [2.45, 2.75) is 32.6 Å². The number of Topliss-reactive ketones (excluding diaryl/α,β-unsaturated/α-hetero) is 1. The van der Waals surface area contributed by atoms with Crippen LogP contribution in [-0.2, 0) is 0 Å². The molecule has 0 amide bonds. The normalized spacial score (nSPS) is 23.7. The van der Waals surface area contributed by atoms with Gasteiger partial charge in [-0.15, -0.1) is 0 Å². The molecular weight excluding hydrogens is 231 g/mol. The highest BCUT2D eigenvalue weighted by atomic mass is 19.1. The first-order chi connectivity index (χ1) is 8.61. The minimum Gasteiger partial charge on any atom is -0.497 e. The second-order valence-electron chi connectivity index (χ2n) is 5.17. The molecule has 98 valence electrons. The molecule has 1 fully saturated rings. The SMILES string of the molecule is COc1ccc(C(=O)C2CCC(C)CC2)c(F)c1. The third-order valence-electron chi connectivity index (χ3n) is 3.83. The highest BCUT2D eigenvalue weighted by Crippen LogP contribution is 2.31. The molecule has 0 saturated heterocycles. The Morgan fingerprint density at radius 3 is 2.50 bits per heavy atom. The van der Waals surface area contributed by atoms with Gasteiger partial charge in [0.15, 0.2) is 5.78 Å². The van der Waals surface area contributed by atoms with E-state index in [9.17, 15) is 9.18 Å². The highest BCUT2D eigenvalue weighted by Gasteiger charge is 2.26. The van der Waals surface area contributed by atoms with Gasteiger partial charge in [-0.25, -0.2) is 4.39 Å². The van der Waals surface area contributed by atoms with Gasteiger partial charge in [0.25, 0.3) is 0 Å². The summed E-state index contributed by atoms with van der Waals surface area (Å²) in [5, 5.41) is 0. The molecule has 1 aromatic carbocycles. The summed E-state index contributed by atoms with van der Waals surface area (Å²) < 4.78 is 18.8. The Bertz CT molecular complexity index is 434. The van der Waals surface area contributed by atoms with Crippen molar-refractivity contribution >= 4 is 5.78 Å². The molecule has 1 aliphatic rings. The molecule has 0 radical (unpaired) electrons. The first-order valence-corrected chi connectivity index (χ1v) is 6.49. The maximum atomic E-state index is 13.8. The van der Waals surface area contributed by atoms with Crippen molar-refractivity contribution in [2.24, 2.45) is 11.8 Å². The second kappa shape index (κ2) is 5.51. The first-order valence-electron chi connectivity index (χ1n) is 6.49. The van der Waals surface area contributed by atoms with Gasteiger partial charge in [0.05, 0.1) is 12.7 Å². The molecule has 3 heteroatoms. The van der Waals surface area contributed by atoms with E-state index in [1.54, 1.807) is 6.07 Å². The zero-order chi connectivity index (χ0) is 13.1. The summed E-state index contributed by atoms with van der Waals surface area (Å²) in [6.07, 6.45) is 3.89. The van der Waals surface area contributed by atoms with Crippen LogP contribution < -0.4 is 4.74 Å². The highest BCUT2D eigenvalue weighted by molar-refractivity contribution is 5.98. The molecule has 2 nitrogen and oxygen atoms in total. The van der Waals surface area contributed by atoms with E-state index < -0.39 is 5.82 Å². The van der Waals surface area contributed by atoms with Gasteiger partial charge >= 0.3 is 0 Å². The molecule has 1 aliphatic carbocycles. The molecule has 1 aromatic rings. The van der Waals surface area contributed by atoms with Crippen LogP contribution in [0.3, 0.4) is 0 Å². The second-order valence-corrected chi connectivity index (χ2v) is 5.17. The van der Waals surface area contributed by atoms with Crippen LogP contribution in [0.15, 0.2) is 18.2 Å². The Kier molecular flexibility index (Phi) is 4.00. The van der Waals surface area contributed by atoms with Gasteiger partial charge in [0, 0.05) is 12.0 Å². The van der Waals surface area contributed by atoms with Crippen LogP contribution >= 0.6 is 0 Å². The Balaban J connectivity index is 2.13. The molecule has 0 aliphatic heterocycles. The molecule has 0 aromatic heterocycles. The summed E-state index contributed by atoms with van der Waals surface area (Å²) in [7, 11) is 1.48. The van der Waals surface area contributed by atoms with Crippen molar-refractivity contribution in [3.8, 4) is 5.75 Å². The maximum Gasteiger partial charge on any atom is 0.168 e. The molecular formula is C15H19FO2. The summed E-state index contributed by atoms with van der Waals surface area (Å²) in [5.41, 5.74) is 0.204. The van der Waals surface area contributed by atoms with Crippen molar-refractivity contribution in [2.75, 3.05) is 7.11 Å². The van der Waals surface area contributed by atoms with Crippen LogP contribution in [0.5, 0.6) is 5.75 Å². The molecule has 0 heterocycles. The smallest absolute Gasteiger partial charge is 0.168 e. The lowest BCUT2D eigenvalue weighted by molar-refractivity contribution is 0.0871. The Morgan fingerprint density at radius 1 is 1.28 bits per heavy atom. The van der Waals surface area contributed by atoms with E-state index in [0.717, 1.165) is 25.7 Å². The number of ketones is 1. The predicted molar refractivity (Wildman–Crippen MR) is 68.4 cm³/mol. The van der Waals surface area contributed by atoms with Crippen molar-refractivity contribution < 1.29 is 13.9 Å². The number of carbonyl (C=O) groups excluding carboxylic acids is 1. The third kappa shape index (κ3) is 2.71. The van der Waals surface area contributed by atoms with Crippen LogP contribution in [0.2, 0.25) is 0 Å². The zero-order valence-electron chi connectivity index (χ0n) is 10.9. The van der Waals surface area contributed by atoms with Gasteiger partial charge in [-0.05, 0) is 30.9 Å². The predicted octanol–water partition coefficient (Wildman–Crippen LogP) is 3.84. The van der Waals surface area contributed by atoms with E-state index in [1.807, 2.05) is 0 Å².